The van der Waals surface area contributed by atoms with Crippen LogP contribution in [0.2, 0.25) is 0 Å². The molecule has 80 valence electrons. The van der Waals surface area contributed by atoms with Gasteiger partial charge in [0, 0.05) is 0 Å². The largest absolute Gasteiger partial charge is 0.262 e. The minimum absolute atomic E-state index is 0.239. The van der Waals surface area contributed by atoms with Gasteiger partial charge in [-0.2, -0.15) is 0 Å². The normalized spacial score (nSPS) is 13.3. The first-order valence-electron chi connectivity index (χ1n) is 3.65. The summed E-state index contributed by atoms with van der Waals surface area (Å²) in [6.07, 6.45) is 0.615. The number of halogens is 5. The van der Waals surface area contributed by atoms with Gasteiger partial charge in [-0.3, -0.25) is 5.10 Å². The summed E-state index contributed by atoms with van der Waals surface area (Å²) in [5.41, 5.74) is 0.879. The molecule has 14 heavy (non-hydrogen) atoms. The Kier molecular flexibility index (Phi) is 3.82. The number of nitrogens with one attached hydrogen (secondary N) is 1. The van der Waals surface area contributed by atoms with Crippen molar-refractivity contribution in [2.24, 2.45) is 0 Å². The van der Waals surface area contributed by atoms with Crippen LogP contribution < -0.4 is 0 Å². The van der Waals surface area contributed by atoms with E-state index in [1.54, 1.807) is 0 Å². The third kappa shape index (κ3) is 2.22. The van der Waals surface area contributed by atoms with Crippen LogP contribution in [-0.4, -0.2) is 19.2 Å². The molecular weight excluding hydrogens is 291 g/mol. The Labute approximate surface area is 106 Å². The van der Waals surface area contributed by atoms with E-state index in [0.29, 0.717) is 12.1 Å². The molecule has 0 aliphatic rings. The maximum absolute atomic E-state index is 5.91. The molecule has 1 aromatic rings. The van der Waals surface area contributed by atoms with Gasteiger partial charge < -0.3 is 0 Å². The van der Waals surface area contributed by atoms with E-state index in [1.807, 2.05) is 6.92 Å². The van der Waals surface area contributed by atoms with Crippen molar-refractivity contribution in [3.05, 3.63) is 11.4 Å². The quantitative estimate of drug-likeness (QED) is 0.850. The molecule has 0 aliphatic carbocycles. The molecule has 8 heteroatoms. The van der Waals surface area contributed by atoms with Gasteiger partial charge in [-0.25, -0.2) is 0 Å². The summed E-state index contributed by atoms with van der Waals surface area (Å²) in [5, 5.41) is 9.88. The number of aromatic amines is 1. The smallest absolute Gasteiger partial charge is 0.228 e. The second kappa shape index (κ2) is 4.22. The van der Waals surface area contributed by atoms with Crippen LogP contribution in [0.3, 0.4) is 0 Å². The SMILES string of the molecule is CCc1[nH]nnc1C(Cl)(Cl)C(Cl)(Cl)Cl. The van der Waals surface area contributed by atoms with Crippen LogP contribution in [0.25, 0.3) is 0 Å². The Balaban J connectivity index is 3.16. The fourth-order valence-corrected chi connectivity index (χ4v) is 1.45. The van der Waals surface area contributed by atoms with Crippen molar-refractivity contribution in [2.45, 2.75) is 21.5 Å². The Morgan fingerprint density at radius 1 is 1.21 bits per heavy atom. The number of rotatable bonds is 2. The van der Waals surface area contributed by atoms with Crippen LogP contribution in [0.15, 0.2) is 0 Å². The average Bonchev–Trinajstić information content (AvgIpc) is 2.49. The Hall–Kier alpha value is 0.590. The summed E-state index contributed by atoms with van der Waals surface area (Å²) in [6, 6.07) is 0. The minimum Gasteiger partial charge on any atom is -0.262 e. The average molecular weight is 297 g/mol. The molecule has 1 rings (SSSR count). The van der Waals surface area contributed by atoms with E-state index in [-0.39, 0.29) is 5.69 Å². The lowest BCUT2D eigenvalue weighted by Crippen LogP contribution is -2.29. The monoisotopic (exact) mass is 295 g/mol. The number of alkyl halides is 5. The molecule has 0 atom stereocenters. The topological polar surface area (TPSA) is 41.6 Å². The molecule has 0 saturated carbocycles. The van der Waals surface area contributed by atoms with Crippen LogP contribution in [0.1, 0.15) is 18.3 Å². The number of nitrogens with zero attached hydrogens (tertiary/aromatic N) is 2. The van der Waals surface area contributed by atoms with Gasteiger partial charge in [-0.05, 0) is 6.42 Å². The molecule has 0 fully saturated rings. The van der Waals surface area contributed by atoms with Gasteiger partial charge in [0.2, 0.25) is 8.13 Å². The predicted molar refractivity (Wildman–Crippen MR) is 59.4 cm³/mol. The standard InChI is InChI=1S/C6H6Cl5N3/c1-2-3-4(13-14-12-3)5(7,8)6(9,10)11/h2H2,1H3,(H,12,13,14). The second-order valence-electron chi connectivity index (χ2n) is 2.56. The van der Waals surface area contributed by atoms with Gasteiger partial charge in [0.1, 0.15) is 5.69 Å². The predicted octanol–water partition coefficient (Wildman–Crippen LogP) is 3.37. The van der Waals surface area contributed by atoms with E-state index >= 15 is 0 Å². The Morgan fingerprint density at radius 3 is 2.21 bits per heavy atom. The van der Waals surface area contributed by atoms with Gasteiger partial charge in [-0.1, -0.05) is 70.1 Å². The lowest BCUT2D eigenvalue weighted by Gasteiger charge is -2.25. The number of aromatic nitrogens is 3. The van der Waals surface area contributed by atoms with E-state index in [0.717, 1.165) is 0 Å². The molecule has 0 aliphatic heterocycles. The highest BCUT2D eigenvalue weighted by Crippen LogP contribution is 2.52. The lowest BCUT2D eigenvalue weighted by atomic mass is 10.2. The molecule has 0 radical (unpaired) electrons. The molecule has 1 aromatic heterocycles. The lowest BCUT2D eigenvalue weighted by molar-refractivity contribution is 0.805. The number of H-pyrrole nitrogens is 1. The van der Waals surface area contributed by atoms with Gasteiger partial charge in [-0.15, -0.1) is 5.10 Å². The molecule has 3 nitrogen and oxygen atoms in total. The highest BCUT2D eigenvalue weighted by atomic mass is 35.6. The number of hydrogen-bond acceptors (Lipinski definition) is 2. The van der Waals surface area contributed by atoms with Crippen LogP contribution in [0.4, 0.5) is 0 Å². The Bertz CT molecular complexity index is 316. The van der Waals surface area contributed by atoms with Crippen LogP contribution in [0, 0.1) is 0 Å². The zero-order valence-corrected chi connectivity index (χ0v) is 10.8. The van der Waals surface area contributed by atoms with Gasteiger partial charge in [0.25, 0.3) is 0 Å². The van der Waals surface area contributed by atoms with Crippen molar-refractivity contribution in [1.29, 1.82) is 0 Å². The van der Waals surface area contributed by atoms with Crippen molar-refractivity contribution >= 4 is 58.0 Å². The van der Waals surface area contributed by atoms with Gasteiger partial charge >= 0.3 is 0 Å². The fraction of sp³-hybridized carbons (Fsp3) is 0.667. The summed E-state index contributed by atoms with van der Waals surface area (Å²) in [5.74, 6) is 0. The van der Waals surface area contributed by atoms with Gasteiger partial charge in [0.05, 0.1) is 5.69 Å². The first-order chi connectivity index (χ1) is 6.30. The highest BCUT2D eigenvalue weighted by molar-refractivity contribution is 6.75. The van der Waals surface area contributed by atoms with E-state index in [9.17, 15) is 0 Å². The minimum atomic E-state index is -1.86. The van der Waals surface area contributed by atoms with Crippen molar-refractivity contribution in [2.75, 3.05) is 0 Å². The first-order valence-corrected chi connectivity index (χ1v) is 5.54. The van der Waals surface area contributed by atoms with Crippen molar-refractivity contribution in [1.82, 2.24) is 15.4 Å². The first kappa shape index (κ1) is 12.7. The second-order valence-corrected chi connectivity index (χ2v) is 6.17. The Morgan fingerprint density at radius 2 is 1.79 bits per heavy atom. The fourth-order valence-electron chi connectivity index (χ4n) is 0.882. The maximum atomic E-state index is 5.91. The molecule has 0 aromatic carbocycles. The molecule has 1 N–H and O–H groups in total. The zero-order chi connectivity index (χ0) is 11.0. The van der Waals surface area contributed by atoms with Crippen LogP contribution in [0.5, 0.6) is 0 Å². The number of aryl methyl sites for hydroxylation is 1. The molecule has 0 unspecified atom stereocenters. The number of hydrogen-bond donors (Lipinski definition) is 1. The summed E-state index contributed by atoms with van der Waals surface area (Å²) in [4.78, 5) is 0. The summed E-state index contributed by atoms with van der Waals surface area (Å²) < 4.78 is -3.58. The highest BCUT2D eigenvalue weighted by Gasteiger charge is 2.50. The van der Waals surface area contributed by atoms with Gasteiger partial charge in [0.15, 0.2) is 0 Å². The summed E-state index contributed by atoms with van der Waals surface area (Å²) in [7, 11) is 0. The van der Waals surface area contributed by atoms with Crippen molar-refractivity contribution in [3.8, 4) is 0 Å². The molecule has 0 amide bonds. The molecule has 0 saturated heterocycles. The third-order valence-corrected chi connectivity index (χ3v) is 3.98. The molecule has 0 bridgehead atoms. The van der Waals surface area contributed by atoms with E-state index in [2.05, 4.69) is 15.4 Å². The van der Waals surface area contributed by atoms with Crippen LogP contribution >= 0.6 is 58.0 Å². The van der Waals surface area contributed by atoms with Crippen molar-refractivity contribution in [3.63, 3.8) is 0 Å². The van der Waals surface area contributed by atoms with Crippen molar-refractivity contribution < 1.29 is 0 Å². The molecule has 0 spiro atoms. The third-order valence-electron chi connectivity index (χ3n) is 1.63. The van der Waals surface area contributed by atoms with E-state index < -0.39 is 8.13 Å². The van der Waals surface area contributed by atoms with Crippen LogP contribution in [-0.2, 0) is 10.8 Å². The summed E-state index contributed by atoms with van der Waals surface area (Å²) >= 11 is 28.7. The van der Waals surface area contributed by atoms with E-state index in [1.165, 1.54) is 0 Å². The summed E-state index contributed by atoms with van der Waals surface area (Å²) in [6.45, 7) is 1.88. The molecular formula is C6H6Cl5N3. The van der Waals surface area contributed by atoms with E-state index in [4.69, 9.17) is 58.0 Å². The molecule has 1 heterocycles. The zero-order valence-electron chi connectivity index (χ0n) is 6.99. The maximum Gasteiger partial charge on any atom is 0.228 e.